The zero-order valence-electron chi connectivity index (χ0n) is 25.4. The fourth-order valence-corrected chi connectivity index (χ4v) is 6.64. The maximum Gasteiger partial charge on any atom is 0.407 e. The van der Waals surface area contributed by atoms with E-state index in [-0.39, 0.29) is 30.3 Å². The molecule has 0 aromatic heterocycles. The second-order valence-electron chi connectivity index (χ2n) is 12.0. The molecule has 0 radical (unpaired) electrons. The van der Waals surface area contributed by atoms with Crippen molar-refractivity contribution in [3.8, 4) is 0 Å². The Bertz CT molecular complexity index is 1560. The topological polar surface area (TPSA) is 93.7 Å². The molecule has 244 valence electrons. The van der Waals surface area contributed by atoms with Crippen LogP contribution in [-0.4, -0.2) is 55.6 Å². The Balaban J connectivity index is 1.42. The van der Waals surface area contributed by atoms with Gasteiger partial charge in [0.2, 0.25) is 0 Å². The highest BCUT2D eigenvalue weighted by atomic mass is 19.1. The molecule has 1 aliphatic heterocycles. The van der Waals surface area contributed by atoms with Gasteiger partial charge in [0.25, 0.3) is 0 Å². The average Bonchev–Trinajstić information content (AvgIpc) is 3.00. The van der Waals surface area contributed by atoms with Crippen LogP contribution in [0.2, 0.25) is 0 Å². The molecule has 1 saturated carbocycles. The summed E-state index contributed by atoms with van der Waals surface area (Å²) in [5.41, 5.74) is 0.431. The summed E-state index contributed by atoms with van der Waals surface area (Å²) in [4.78, 5) is 38.7. The first-order chi connectivity index (χ1) is 22.1. The number of ketones is 2. The van der Waals surface area contributed by atoms with E-state index in [4.69, 9.17) is 9.47 Å². The molecule has 3 aromatic rings. The number of methoxy groups -OCH3 is 1. The third kappa shape index (κ3) is 8.00. The number of ether oxygens (including phenoxy) is 2. The molecule has 3 aromatic carbocycles. The number of nitrogens with one attached hydrogen (secondary N) is 2. The number of halogens is 4. The number of benzene rings is 3. The van der Waals surface area contributed by atoms with Gasteiger partial charge in [-0.15, -0.1) is 0 Å². The zero-order valence-corrected chi connectivity index (χ0v) is 25.4. The lowest BCUT2D eigenvalue weighted by Gasteiger charge is -2.43. The fraction of sp³-hybridized carbons (Fsp3) is 0.400. The highest BCUT2D eigenvalue weighted by Crippen LogP contribution is 2.34. The Morgan fingerprint density at radius 3 is 2.46 bits per heavy atom. The van der Waals surface area contributed by atoms with Crippen molar-refractivity contribution >= 4 is 17.7 Å². The number of hydrogen-bond acceptors (Lipinski definition) is 6. The molecule has 1 spiro atoms. The van der Waals surface area contributed by atoms with E-state index in [9.17, 15) is 27.6 Å². The summed E-state index contributed by atoms with van der Waals surface area (Å²) in [6.45, 7) is 1.11. The number of alkyl carbamates (subject to hydrolysis) is 1. The van der Waals surface area contributed by atoms with E-state index in [1.807, 2.05) is 0 Å². The lowest BCUT2D eigenvalue weighted by molar-refractivity contribution is -0.151. The van der Waals surface area contributed by atoms with Crippen LogP contribution < -0.4 is 10.6 Å². The molecule has 1 aliphatic carbocycles. The summed E-state index contributed by atoms with van der Waals surface area (Å²) in [7, 11) is 1.10. The zero-order chi connectivity index (χ0) is 32.8. The first kappa shape index (κ1) is 33.3. The van der Waals surface area contributed by atoms with Gasteiger partial charge in [-0.1, -0.05) is 24.3 Å². The van der Waals surface area contributed by atoms with Crippen molar-refractivity contribution < 1.29 is 41.4 Å². The van der Waals surface area contributed by atoms with Crippen LogP contribution in [0.3, 0.4) is 0 Å². The number of Topliss-reactive ketones (excluding diaryl/α,β-unsaturated/α-hetero) is 2. The van der Waals surface area contributed by atoms with Gasteiger partial charge in [0.15, 0.2) is 5.78 Å². The maximum atomic E-state index is 15.3. The third-order valence-corrected chi connectivity index (χ3v) is 8.75. The molecule has 11 heteroatoms. The summed E-state index contributed by atoms with van der Waals surface area (Å²) in [6, 6.07) is 10.7. The second kappa shape index (κ2) is 14.6. The van der Waals surface area contributed by atoms with Crippen molar-refractivity contribution in [1.82, 2.24) is 10.6 Å². The smallest absolute Gasteiger partial charge is 0.407 e. The molecule has 2 N–H and O–H groups in total. The molecule has 2 aliphatic rings. The highest BCUT2D eigenvalue weighted by Gasteiger charge is 2.41. The van der Waals surface area contributed by atoms with Crippen LogP contribution in [-0.2, 0) is 31.9 Å². The third-order valence-electron chi connectivity index (χ3n) is 8.75. The van der Waals surface area contributed by atoms with Gasteiger partial charge in [-0.25, -0.2) is 22.4 Å². The molecule has 4 atom stereocenters. The van der Waals surface area contributed by atoms with Crippen molar-refractivity contribution in [2.24, 2.45) is 0 Å². The Morgan fingerprint density at radius 1 is 1.02 bits per heavy atom. The predicted octanol–water partition coefficient (Wildman–Crippen LogP) is 5.71. The van der Waals surface area contributed by atoms with E-state index in [2.05, 4.69) is 10.6 Å². The van der Waals surface area contributed by atoms with Gasteiger partial charge < -0.3 is 20.1 Å². The standard InChI is InChI=1S/C35H36F4N2O5/c1-45-34(44)41-33(32(21-7-9-24(36)10-8-21)23-14-25(37)17-26(38)15-23)31(43)16-22-4-2-6-30(39)29(22)12-11-28-19-40-20-35(46-28)13-3-5-27(42)18-35/h2,4,6-10,14-15,17,28,32-33,40H,3,5,11-13,16,18-20H2,1H3,(H,41,44)/t28-,32+,33-,35?/m1/s1. The summed E-state index contributed by atoms with van der Waals surface area (Å²) in [5, 5.41) is 5.85. The van der Waals surface area contributed by atoms with E-state index >= 15 is 4.39 Å². The Hall–Kier alpha value is -4.09. The van der Waals surface area contributed by atoms with Gasteiger partial charge in [-0.2, -0.15) is 0 Å². The van der Waals surface area contributed by atoms with Crippen molar-refractivity contribution in [1.29, 1.82) is 0 Å². The lowest BCUT2D eigenvalue weighted by atomic mass is 9.81. The first-order valence-corrected chi connectivity index (χ1v) is 15.3. The monoisotopic (exact) mass is 640 g/mol. The molecule has 1 unspecified atom stereocenters. The Labute approximate surface area is 264 Å². The molecule has 1 amide bonds. The van der Waals surface area contributed by atoms with Crippen LogP contribution in [0, 0.1) is 23.3 Å². The van der Waals surface area contributed by atoms with Crippen LogP contribution in [0.4, 0.5) is 22.4 Å². The van der Waals surface area contributed by atoms with Crippen LogP contribution in [0.15, 0.2) is 60.7 Å². The number of hydrogen-bond donors (Lipinski definition) is 2. The maximum absolute atomic E-state index is 15.3. The molecule has 46 heavy (non-hydrogen) atoms. The minimum atomic E-state index is -1.43. The minimum Gasteiger partial charge on any atom is -0.453 e. The summed E-state index contributed by atoms with van der Waals surface area (Å²) < 4.78 is 69.2. The Kier molecular flexibility index (Phi) is 10.5. The van der Waals surface area contributed by atoms with Gasteiger partial charge in [0.05, 0.1) is 18.8 Å². The molecular formula is C35H36F4N2O5. The van der Waals surface area contributed by atoms with Crippen LogP contribution in [0.25, 0.3) is 0 Å². The van der Waals surface area contributed by atoms with Crippen LogP contribution in [0.5, 0.6) is 0 Å². The molecule has 1 heterocycles. The van der Waals surface area contributed by atoms with Gasteiger partial charge in [-0.3, -0.25) is 9.59 Å². The average molecular weight is 641 g/mol. The predicted molar refractivity (Wildman–Crippen MR) is 161 cm³/mol. The fourth-order valence-electron chi connectivity index (χ4n) is 6.64. The molecular weight excluding hydrogens is 604 g/mol. The van der Waals surface area contributed by atoms with Crippen molar-refractivity contribution in [2.45, 2.75) is 68.6 Å². The van der Waals surface area contributed by atoms with Crippen LogP contribution in [0.1, 0.15) is 60.3 Å². The second-order valence-corrected chi connectivity index (χ2v) is 12.0. The van der Waals surface area contributed by atoms with Crippen molar-refractivity contribution in [2.75, 3.05) is 20.2 Å². The number of rotatable bonds is 10. The van der Waals surface area contributed by atoms with Crippen LogP contribution >= 0.6 is 0 Å². The van der Waals surface area contributed by atoms with E-state index < -0.39 is 52.7 Å². The van der Waals surface area contributed by atoms with Crippen molar-refractivity contribution in [3.05, 3.63) is 106 Å². The summed E-state index contributed by atoms with van der Waals surface area (Å²) >= 11 is 0. The molecule has 5 rings (SSSR count). The van der Waals surface area contributed by atoms with Gasteiger partial charge in [0, 0.05) is 44.3 Å². The largest absolute Gasteiger partial charge is 0.453 e. The number of carbonyl (C=O) groups excluding carboxylic acids is 3. The number of amides is 1. The molecule has 1 saturated heterocycles. The van der Waals surface area contributed by atoms with Crippen molar-refractivity contribution in [3.63, 3.8) is 0 Å². The van der Waals surface area contributed by atoms with E-state index in [1.54, 1.807) is 6.07 Å². The highest BCUT2D eigenvalue weighted by molar-refractivity contribution is 5.91. The molecule has 2 fully saturated rings. The van der Waals surface area contributed by atoms with E-state index in [0.717, 1.165) is 44.2 Å². The minimum absolute atomic E-state index is 0.0235. The molecule has 7 nitrogen and oxygen atoms in total. The van der Waals surface area contributed by atoms with E-state index in [1.165, 1.54) is 24.3 Å². The van der Waals surface area contributed by atoms with Gasteiger partial charge in [-0.05, 0) is 78.3 Å². The summed E-state index contributed by atoms with van der Waals surface area (Å²) in [5.74, 6) is -4.47. The number of morpholine rings is 1. The van der Waals surface area contributed by atoms with Gasteiger partial charge in [0.1, 0.15) is 35.1 Å². The normalized spacial score (nSPS) is 21.1. The van der Waals surface area contributed by atoms with E-state index in [0.29, 0.717) is 55.1 Å². The SMILES string of the molecule is COC(=O)N[C@H](C(=O)Cc1cccc(F)c1CC[C@@H]1CNCC2(CCCC(=O)C2)O1)[C@@H](c1ccc(F)cc1)c1cc(F)cc(F)c1. The quantitative estimate of drug-likeness (QED) is 0.276. The Morgan fingerprint density at radius 2 is 1.76 bits per heavy atom. The van der Waals surface area contributed by atoms with Gasteiger partial charge >= 0.3 is 6.09 Å². The summed E-state index contributed by atoms with van der Waals surface area (Å²) in [6.07, 6.45) is 1.49. The lowest BCUT2D eigenvalue weighted by Crippen LogP contribution is -2.56. The number of carbonyl (C=O) groups is 3. The molecule has 0 bridgehead atoms. The first-order valence-electron chi connectivity index (χ1n) is 15.3.